The first-order chi connectivity index (χ1) is 13.1. The topological polar surface area (TPSA) is 61.0 Å². The molecule has 1 fully saturated rings. The van der Waals surface area contributed by atoms with E-state index in [9.17, 15) is 4.79 Å². The van der Waals surface area contributed by atoms with Gasteiger partial charge in [-0.15, -0.1) is 0 Å². The van der Waals surface area contributed by atoms with Crippen molar-refractivity contribution in [3.63, 3.8) is 0 Å². The Morgan fingerprint density at radius 3 is 2.59 bits per heavy atom. The van der Waals surface area contributed by atoms with Crippen molar-refractivity contribution in [3.8, 4) is 0 Å². The minimum Gasteiger partial charge on any atom is -0.342 e. The zero-order valence-electron chi connectivity index (χ0n) is 15.9. The van der Waals surface area contributed by atoms with E-state index in [2.05, 4.69) is 35.4 Å². The summed E-state index contributed by atoms with van der Waals surface area (Å²) in [4.78, 5) is 22.8. The van der Waals surface area contributed by atoms with Crippen LogP contribution < -0.4 is 5.32 Å². The van der Waals surface area contributed by atoms with Gasteiger partial charge in [0.1, 0.15) is 5.82 Å². The quantitative estimate of drug-likeness (QED) is 0.719. The number of carbonyl (C=O) groups is 1. The molecule has 0 aliphatic carbocycles. The van der Waals surface area contributed by atoms with Crippen molar-refractivity contribution >= 4 is 17.1 Å². The van der Waals surface area contributed by atoms with Crippen molar-refractivity contribution in [2.24, 2.45) is 0 Å². The van der Waals surface area contributed by atoms with Gasteiger partial charge in [0.2, 0.25) is 0 Å². The number of aromatic nitrogens is 2. The van der Waals surface area contributed by atoms with Gasteiger partial charge in [-0.25, -0.2) is 9.78 Å². The lowest BCUT2D eigenvalue weighted by Crippen LogP contribution is -2.45. The predicted octanol–water partition coefficient (Wildman–Crippen LogP) is 4.52. The summed E-state index contributed by atoms with van der Waals surface area (Å²) in [5.41, 5.74) is 4.47. The number of benzene rings is 2. The number of urea groups is 1. The van der Waals surface area contributed by atoms with Crippen LogP contribution in [-0.2, 0) is 0 Å². The number of carbonyl (C=O) groups excluding carboxylic acids is 1. The summed E-state index contributed by atoms with van der Waals surface area (Å²) in [5.74, 6) is 1.43. The van der Waals surface area contributed by atoms with Crippen molar-refractivity contribution in [2.45, 2.75) is 38.6 Å². The molecule has 140 valence electrons. The van der Waals surface area contributed by atoms with Gasteiger partial charge < -0.3 is 15.2 Å². The molecule has 1 atom stereocenters. The molecule has 5 heteroatoms. The summed E-state index contributed by atoms with van der Waals surface area (Å²) in [6, 6.07) is 16.3. The van der Waals surface area contributed by atoms with Crippen molar-refractivity contribution in [1.29, 1.82) is 0 Å². The van der Waals surface area contributed by atoms with Gasteiger partial charge in [0.15, 0.2) is 0 Å². The number of hydrogen-bond acceptors (Lipinski definition) is 2. The summed E-state index contributed by atoms with van der Waals surface area (Å²) < 4.78 is 0. The van der Waals surface area contributed by atoms with Gasteiger partial charge in [0.05, 0.1) is 17.1 Å². The van der Waals surface area contributed by atoms with E-state index in [1.165, 1.54) is 11.1 Å². The Balaban J connectivity index is 1.36. The van der Waals surface area contributed by atoms with Crippen LogP contribution >= 0.6 is 0 Å². The number of fused-ring (bicyclic) bond motifs is 1. The average molecular weight is 362 g/mol. The monoisotopic (exact) mass is 362 g/mol. The smallest absolute Gasteiger partial charge is 0.317 e. The highest BCUT2D eigenvalue weighted by Crippen LogP contribution is 2.28. The number of nitrogens with one attached hydrogen (secondary N) is 2. The number of para-hydroxylation sites is 2. The maximum atomic E-state index is 12.7. The van der Waals surface area contributed by atoms with E-state index >= 15 is 0 Å². The summed E-state index contributed by atoms with van der Waals surface area (Å²) >= 11 is 0. The van der Waals surface area contributed by atoms with E-state index in [4.69, 9.17) is 4.98 Å². The molecule has 1 aliphatic heterocycles. The second kappa shape index (κ2) is 7.43. The average Bonchev–Trinajstić information content (AvgIpc) is 3.12. The molecule has 1 aliphatic rings. The Bertz CT molecular complexity index is 907. The molecule has 27 heavy (non-hydrogen) atoms. The van der Waals surface area contributed by atoms with Crippen LogP contribution in [0.3, 0.4) is 0 Å². The highest BCUT2D eigenvalue weighted by molar-refractivity contribution is 5.75. The van der Waals surface area contributed by atoms with Crippen LogP contribution in [0.15, 0.2) is 48.5 Å². The summed E-state index contributed by atoms with van der Waals surface area (Å²) in [5, 5.41) is 3.15. The van der Waals surface area contributed by atoms with E-state index in [0.717, 1.165) is 42.8 Å². The number of imidazole rings is 1. The van der Waals surface area contributed by atoms with E-state index in [0.29, 0.717) is 5.92 Å². The molecule has 2 amide bonds. The van der Waals surface area contributed by atoms with Crippen molar-refractivity contribution in [1.82, 2.24) is 20.2 Å². The number of likely N-dealkylation sites (tertiary alicyclic amines) is 1. The fraction of sp³-hybridized carbons (Fsp3) is 0.364. The van der Waals surface area contributed by atoms with E-state index < -0.39 is 0 Å². The summed E-state index contributed by atoms with van der Waals surface area (Å²) in [7, 11) is 0. The van der Waals surface area contributed by atoms with Gasteiger partial charge in [-0.3, -0.25) is 0 Å². The fourth-order valence-corrected chi connectivity index (χ4v) is 3.95. The van der Waals surface area contributed by atoms with E-state index in [-0.39, 0.29) is 12.1 Å². The lowest BCUT2D eigenvalue weighted by atomic mass is 9.96. The Morgan fingerprint density at radius 2 is 1.85 bits per heavy atom. The molecule has 2 N–H and O–H groups in total. The number of aromatic amines is 1. The molecule has 0 bridgehead atoms. The third kappa shape index (κ3) is 3.68. The molecule has 0 spiro atoms. The Labute approximate surface area is 159 Å². The number of aryl methyl sites for hydroxylation is 1. The normalized spacial score (nSPS) is 16.4. The minimum absolute atomic E-state index is 0.00629. The van der Waals surface area contributed by atoms with Crippen LogP contribution in [0.25, 0.3) is 11.0 Å². The number of nitrogens with zero attached hydrogens (tertiary/aromatic N) is 2. The maximum absolute atomic E-state index is 12.7. The third-order valence-electron chi connectivity index (χ3n) is 5.57. The molecule has 3 aromatic rings. The third-order valence-corrected chi connectivity index (χ3v) is 5.57. The lowest BCUT2D eigenvalue weighted by Gasteiger charge is -2.32. The van der Waals surface area contributed by atoms with Gasteiger partial charge in [0.25, 0.3) is 0 Å². The van der Waals surface area contributed by atoms with Gasteiger partial charge in [0, 0.05) is 19.0 Å². The Hall–Kier alpha value is -2.82. The molecule has 2 heterocycles. The Kier molecular flexibility index (Phi) is 4.84. The number of rotatable bonds is 3. The van der Waals surface area contributed by atoms with Crippen molar-refractivity contribution in [3.05, 3.63) is 65.5 Å². The molecule has 1 saturated heterocycles. The molecule has 2 aromatic carbocycles. The van der Waals surface area contributed by atoms with Crippen LogP contribution in [0, 0.1) is 6.92 Å². The molecule has 0 saturated carbocycles. The predicted molar refractivity (Wildman–Crippen MR) is 108 cm³/mol. The van der Waals surface area contributed by atoms with Gasteiger partial charge >= 0.3 is 6.03 Å². The Morgan fingerprint density at radius 1 is 1.15 bits per heavy atom. The minimum atomic E-state index is 0.00629. The highest BCUT2D eigenvalue weighted by Gasteiger charge is 2.26. The lowest BCUT2D eigenvalue weighted by molar-refractivity contribution is 0.177. The largest absolute Gasteiger partial charge is 0.342 e. The zero-order chi connectivity index (χ0) is 18.8. The number of hydrogen-bond donors (Lipinski definition) is 2. The van der Waals surface area contributed by atoms with Crippen molar-refractivity contribution < 1.29 is 4.79 Å². The van der Waals surface area contributed by atoms with Gasteiger partial charge in [-0.1, -0.05) is 36.4 Å². The van der Waals surface area contributed by atoms with Crippen LogP contribution in [0.5, 0.6) is 0 Å². The standard InChI is InChI=1S/C22H26N4O/c1-15-7-3-4-8-18(15)16(2)23-22(27)26-13-11-17(12-14-26)21-24-19-9-5-6-10-20(19)25-21/h3-10,16-17H,11-14H2,1-2H3,(H,23,27)(H,24,25). The van der Waals surface area contributed by atoms with Crippen molar-refractivity contribution in [2.75, 3.05) is 13.1 Å². The maximum Gasteiger partial charge on any atom is 0.317 e. The zero-order valence-corrected chi connectivity index (χ0v) is 15.9. The molecule has 1 aromatic heterocycles. The fourth-order valence-electron chi connectivity index (χ4n) is 3.95. The first-order valence-electron chi connectivity index (χ1n) is 9.67. The SMILES string of the molecule is Cc1ccccc1C(C)NC(=O)N1CCC(c2nc3ccccc3[nH]2)CC1. The number of amides is 2. The van der Waals surface area contributed by atoms with Crippen LogP contribution in [0.4, 0.5) is 4.79 Å². The number of piperidine rings is 1. The van der Waals surface area contributed by atoms with Crippen LogP contribution in [0.2, 0.25) is 0 Å². The second-order valence-electron chi connectivity index (χ2n) is 7.43. The molecule has 1 unspecified atom stereocenters. The second-order valence-corrected chi connectivity index (χ2v) is 7.43. The number of H-pyrrole nitrogens is 1. The van der Waals surface area contributed by atoms with Gasteiger partial charge in [-0.05, 0) is 49.9 Å². The first kappa shape index (κ1) is 17.6. The van der Waals surface area contributed by atoms with Crippen LogP contribution in [-0.4, -0.2) is 34.0 Å². The highest BCUT2D eigenvalue weighted by atomic mass is 16.2. The first-order valence-corrected chi connectivity index (χ1v) is 9.67. The van der Waals surface area contributed by atoms with Gasteiger partial charge in [-0.2, -0.15) is 0 Å². The summed E-state index contributed by atoms with van der Waals surface area (Å²) in [6.45, 7) is 5.64. The molecular weight excluding hydrogens is 336 g/mol. The van der Waals surface area contributed by atoms with E-state index in [1.807, 2.05) is 42.2 Å². The molecule has 4 rings (SSSR count). The molecule has 5 nitrogen and oxygen atoms in total. The summed E-state index contributed by atoms with van der Waals surface area (Å²) in [6.07, 6.45) is 1.87. The van der Waals surface area contributed by atoms with Crippen LogP contribution in [0.1, 0.15) is 48.7 Å². The van der Waals surface area contributed by atoms with E-state index in [1.54, 1.807) is 0 Å². The molecule has 0 radical (unpaired) electrons. The molecular formula is C22H26N4O.